The molecule has 0 aliphatic carbocycles. The molecule has 34 heavy (non-hydrogen) atoms. The highest BCUT2D eigenvalue weighted by Crippen LogP contribution is 2.32. The molecule has 1 N–H and O–H groups in total. The van der Waals surface area contributed by atoms with E-state index in [2.05, 4.69) is 9.97 Å². The summed E-state index contributed by atoms with van der Waals surface area (Å²) in [6, 6.07) is 4.73. The number of carbonyl (C=O) groups excluding carboxylic acids is 1. The van der Waals surface area contributed by atoms with Gasteiger partial charge in [-0.1, -0.05) is 12.1 Å². The van der Waals surface area contributed by atoms with E-state index in [1.54, 1.807) is 17.0 Å². The summed E-state index contributed by atoms with van der Waals surface area (Å²) in [5, 5.41) is 9.59. The molecule has 1 atom stereocenters. The minimum atomic E-state index is -0.973. The third kappa shape index (κ3) is 4.97. The lowest BCUT2D eigenvalue weighted by Crippen LogP contribution is -2.43. The summed E-state index contributed by atoms with van der Waals surface area (Å²) >= 11 is 0. The molecule has 2 aromatic rings. The molecule has 1 amide bonds. The van der Waals surface area contributed by atoms with Gasteiger partial charge in [0.2, 0.25) is 5.91 Å². The van der Waals surface area contributed by atoms with Gasteiger partial charge in [0.05, 0.1) is 31.1 Å². The summed E-state index contributed by atoms with van der Waals surface area (Å²) in [6.45, 7) is 1.97. The van der Waals surface area contributed by atoms with Crippen molar-refractivity contribution in [3.05, 3.63) is 53.9 Å². The number of hydrogen-bond donors (Lipinski definition) is 1. The molecule has 2 aliphatic rings. The molecule has 1 fully saturated rings. The Bertz CT molecular complexity index is 1110. The van der Waals surface area contributed by atoms with E-state index in [1.165, 1.54) is 13.2 Å². The fraction of sp³-hybridized carbons (Fsp3) is 0.417. The standard InChI is InChI=1S/C24H26F2N4O4/c1-34-15-24(23(32)33)6-9-29(14-24)13-21(31)30-7-4-16(5-8-30)17-2-3-19(20(26)10-17)22-27-11-18(25)12-28-22/h2-4,10-12H,5-9,13-15H2,1H3,(H,32,33). The summed E-state index contributed by atoms with van der Waals surface area (Å²) in [5.74, 6) is -1.95. The van der Waals surface area contributed by atoms with Crippen molar-refractivity contribution in [1.82, 2.24) is 19.8 Å². The first kappa shape index (κ1) is 23.9. The van der Waals surface area contributed by atoms with E-state index in [0.717, 1.165) is 18.0 Å². The van der Waals surface area contributed by atoms with Crippen LogP contribution in [0.2, 0.25) is 0 Å². The normalized spacial score (nSPS) is 20.9. The summed E-state index contributed by atoms with van der Waals surface area (Å²) in [6.07, 6.45) is 4.90. The number of carboxylic acid groups (broad SMARTS) is 1. The predicted octanol–water partition coefficient (Wildman–Crippen LogP) is 2.46. The molecule has 1 unspecified atom stereocenters. The van der Waals surface area contributed by atoms with Crippen LogP contribution >= 0.6 is 0 Å². The molecular formula is C24H26F2N4O4. The molecule has 2 aliphatic heterocycles. The number of rotatable bonds is 7. The van der Waals surface area contributed by atoms with Gasteiger partial charge in [0.25, 0.3) is 0 Å². The van der Waals surface area contributed by atoms with Gasteiger partial charge >= 0.3 is 5.97 Å². The zero-order valence-corrected chi connectivity index (χ0v) is 18.8. The minimum Gasteiger partial charge on any atom is -0.481 e. The van der Waals surface area contributed by atoms with E-state index < -0.39 is 23.0 Å². The number of aromatic nitrogens is 2. The molecule has 0 spiro atoms. The molecule has 3 heterocycles. The topological polar surface area (TPSA) is 95.9 Å². The highest BCUT2D eigenvalue weighted by molar-refractivity contribution is 5.81. The molecule has 0 bridgehead atoms. The Morgan fingerprint density at radius 3 is 2.59 bits per heavy atom. The Hall–Kier alpha value is -3.24. The van der Waals surface area contributed by atoms with Gasteiger partial charge in [-0.15, -0.1) is 0 Å². The first-order valence-electron chi connectivity index (χ1n) is 11.0. The Balaban J connectivity index is 1.37. The Labute approximate surface area is 195 Å². The van der Waals surface area contributed by atoms with Gasteiger partial charge < -0.3 is 14.7 Å². The smallest absolute Gasteiger partial charge is 0.313 e. The molecule has 8 nitrogen and oxygen atoms in total. The Morgan fingerprint density at radius 2 is 1.97 bits per heavy atom. The van der Waals surface area contributed by atoms with Crippen LogP contribution in [0.25, 0.3) is 17.0 Å². The number of amides is 1. The van der Waals surface area contributed by atoms with Crippen LogP contribution < -0.4 is 0 Å². The number of methoxy groups -OCH3 is 1. The van der Waals surface area contributed by atoms with E-state index in [0.29, 0.717) is 38.0 Å². The number of halogens is 2. The van der Waals surface area contributed by atoms with Crippen molar-refractivity contribution in [1.29, 1.82) is 0 Å². The highest BCUT2D eigenvalue weighted by atomic mass is 19.1. The first-order valence-corrected chi connectivity index (χ1v) is 11.0. The van der Waals surface area contributed by atoms with Crippen LogP contribution in [-0.4, -0.2) is 83.2 Å². The van der Waals surface area contributed by atoms with Gasteiger partial charge in [0.1, 0.15) is 11.2 Å². The summed E-state index contributed by atoms with van der Waals surface area (Å²) < 4.78 is 32.8. The third-order valence-electron chi connectivity index (χ3n) is 6.43. The van der Waals surface area contributed by atoms with Crippen molar-refractivity contribution in [2.75, 3.05) is 46.4 Å². The number of likely N-dealkylation sites (tertiary alicyclic amines) is 1. The fourth-order valence-corrected chi connectivity index (χ4v) is 4.52. The van der Waals surface area contributed by atoms with E-state index >= 15 is 0 Å². The molecule has 10 heteroatoms. The lowest BCUT2D eigenvalue weighted by molar-refractivity contribution is -0.151. The maximum absolute atomic E-state index is 14.7. The number of aliphatic carboxylic acids is 1. The number of ether oxygens (including phenoxy) is 1. The van der Waals surface area contributed by atoms with Gasteiger partial charge in [-0.05, 0) is 42.7 Å². The average molecular weight is 472 g/mol. The van der Waals surface area contributed by atoms with E-state index in [9.17, 15) is 23.5 Å². The maximum atomic E-state index is 14.7. The highest BCUT2D eigenvalue weighted by Gasteiger charge is 2.45. The van der Waals surface area contributed by atoms with Crippen molar-refractivity contribution in [3.8, 4) is 11.4 Å². The zero-order valence-electron chi connectivity index (χ0n) is 18.8. The molecule has 0 radical (unpaired) electrons. The number of carbonyl (C=O) groups is 2. The lowest BCUT2D eigenvalue weighted by Gasteiger charge is -2.29. The Kier molecular flexibility index (Phi) is 6.99. The first-order chi connectivity index (χ1) is 16.3. The van der Waals surface area contributed by atoms with Crippen LogP contribution in [0.1, 0.15) is 18.4 Å². The van der Waals surface area contributed by atoms with Gasteiger partial charge in [-0.2, -0.15) is 0 Å². The van der Waals surface area contributed by atoms with Gasteiger partial charge in [-0.3, -0.25) is 14.5 Å². The number of nitrogens with zero attached hydrogens (tertiary/aromatic N) is 4. The van der Waals surface area contributed by atoms with Crippen LogP contribution in [0.4, 0.5) is 8.78 Å². The van der Waals surface area contributed by atoms with Crippen molar-refractivity contribution >= 4 is 17.4 Å². The third-order valence-corrected chi connectivity index (χ3v) is 6.43. The van der Waals surface area contributed by atoms with Gasteiger partial charge in [0.15, 0.2) is 11.6 Å². The second-order valence-electron chi connectivity index (χ2n) is 8.72. The second-order valence-corrected chi connectivity index (χ2v) is 8.72. The molecule has 1 aromatic carbocycles. The number of hydrogen-bond acceptors (Lipinski definition) is 6. The van der Waals surface area contributed by atoms with E-state index in [1.807, 2.05) is 11.0 Å². The molecule has 1 saturated heterocycles. The SMILES string of the molecule is COCC1(C(=O)O)CCN(CC(=O)N2CC=C(c3ccc(-c4ncc(F)cn4)c(F)c3)CC2)C1. The molecule has 0 saturated carbocycles. The van der Waals surface area contributed by atoms with Crippen LogP contribution in [0.3, 0.4) is 0 Å². The lowest BCUT2D eigenvalue weighted by atomic mass is 9.88. The van der Waals surface area contributed by atoms with Crippen molar-refractivity contribution in [3.63, 3.8) is 0 Å². The quantitative estimate of drug-likeness (QED) is 0.661. The largest absolute Gasteiger partial charge is 0.481 e. The molecular weight excluding hydrogens is 446 g/mol. The summed E-state index contributed by atoms with van der Waals surface area (Å²) in [7, 11) is 1.48. The number of benzene rings is 1. The van der Waals surface area contributed by atoms with Crippen molar-refractivity contribution in [2.24, 2.45) is 5.41 Å². The zero-order chi connectivity index (χ0) is 24.3. The Morgan fingerprint density at radius 1 is 1.21 bits per heavy atom. The minimum absolute atomic E-state index is 0.0658. The molecule has 1 aromatic heterocycles. The average Bonchev–Trinajstić information content (AvgIpc) is 3.24. The van der Waals surface area contributed by atoms with Crippen LogP contribution in [-0.2, 0) is 14.3 Å². The van der Waals surface area contributed by atoms with Crippen molar-refractivity contribution in [2.45, 2.75) is 12.8 Å². The van der Waals surface area contributed by atoms with Gasteiger partial charge in [-0.25, -0.2) is 18.7 Å². The maximum Gasteiger partial charge on any atom is 0.313 e. The van der Waals surface area contributed by atoms with E-state index in [4.69, 9.17) is 4.74 Å². The molecule has 180 valence electrons. The van der Waals surface area contributed by atoms with Gasteiger partial charge in [0, 0.05) is 26.7 Å². The van der Waals surface area contributed by atoms with E-state index in [-0.39, 0.29) is 37.0 Å². The fourth-order valence-electron chi connectivity index (χ4n) is 4.52. The van der Waals surface area contributed by atoms with Crippen LogP contribution in [0.15, 0.2) is 36.7 Å². The van der Waals surface area contributed by atoms with Crippen LogP contribution in [0.5, 0.6) is 0 Å². The predicted molar refractivity (Wildman–Crippen MR) is 120 cm³/mol. The second kappa shape index (κ2) is 9.94. The monoisotopic (exact) mass is 472 g/mol. The number of carboxylic acids is 1. The molecule has 4 rings (SSSR count). The summed E-state index contributed by atoms with van der Waals surface area (Å²) in [5.41, 5.74) is 0.856. The van der Waals surface area contributed by atoms with Crippen molar-refractivity contribution < 1.29 is 28.2 Å². The summed E-state index contributed by atoms with van der Waals surface area (Å²) in [4.78, 5) is 35.7. The van der Waals surface area contributed by atoms with Crippen LogP contribution in [0, 0.1) is 17.0 Å².